The molecule has 1 saturated heterocycles. The number of aliphatic carboxylic acids is 1. The van der Waals surface area contributed by atoms with E-state index in [9.17, 15) is 19.5 Å². The van der Waals surface area contributed by atoms with Crippen LogP contribution >= 0.6 is 0 Å². The Morgan fingerprint density at radius 3 is 2.29 bits per heavy atom. The molecule has 180 valence electrons. The molecule has 2 aliphatic rings. The highest BCUT2D eigenvalue weighted by molar-refractivity contribution is 5.89. The second-order valence-corrected chi connectivity index (χ2v) is 9.11. The number of carbonyl (C=O) groups is 3. The molecule has 0 aromatic heterocycles. The summed E-state index contributed by atoms with van der Waals surface area (Å²) >= 11 is 0. The highest BCUT2D eigenvalue weighted by atomic mass is 16.5. The van der Waals surface area contributed by atoms with Gasteiger partial charge in [0.1, 0.15) is 12.6 Å². The first-order chi connectivity index (χ1) is 16.4. The summed E-state index contributed by atoms with van der Waals surface area (Å²) in [7, 11) is 0. The third-order valence-corrected chi connectivity index (χ3v) is 6.34. The maximum atomic E-state index is 13.2. The van der Waals surface area contributed by atoms with E-state index in [1.165, 1.54) is 4.90 Å². The molecule has 0 spiro atoms. The number of benzene rings is 2. The van der Waals surface area contributed by atoms with Gasteiger partial charge in [-0.15, -0.1) is 0 Å². The first kappa shape index (κ1) is 23.8. The van der Waals surface area contributed by atoms with Crippen molar-refractivity contribution in [1.82, 2.24) is 10.2 Å². The van der Waals surface area contributed by atoms with Crippen LogP contribution in [-0.2, 0) is 19.1 Å². The Morgan fingerprint density at radius 1 is 1.09 bits per heavy atom. The van der Waals surface area contributed by atoms with Crippen molar-refractivity contribution < 1.29 is 29.0 Å². The molecule has 1 aliphatic heterocycles. The molecule has 1 unspecified atom stereocenters. The predicted molar refractivity (Wildman–Crippen MR) is 125 cm³/mol. The third kappa shape index (κ3) is 4.92. The zero-order valence-corrected chi connectivity index (χ0v) is 19.4. The smallest absolute Gasteiger partial charge is 0.407 e. The Labute approximate surface area is 198 Å². The van der Waals surface area contributed by atoms with Crippen LogP contribution in [0.15, 0.2) is 48.5 Å². The van der Waals surface area contributed by atoms with Gasteiger partial charge in [0, 0.05) is 12.5 Å². The van der Waals surface area contributed by atoms with Crippen LogP contribution in [0.4, 0.5) is 4.79 Å². The Balaban J connectivity index is 1.45. The maximum absolute atomic E-state index is 13.2. The molecule has 0 saturated carbocycles. The van der Waals surface area contributed by atoms with Crippen LogP contribution in [0, 0.1) is 5.92 Å². The first-order valence-corrected chi connectivity index (χ1v) is 11.6. The summed E-state index contributed by atoms with van der Waals surface area (Å²) in [6.07, 6.45) is -0.326. The molecule has 0 bridgehead atoms. The van der Waals surface area contributed by atoms with Crippen molar-refractivity contribution in [2.24, 2.45) is 5.92 Å². The second-order valence-electron chi connectivity index (χ2n) is 9.11. The van der Waals surface area contributed by atoms with Crippen molar-refractivity contribution in [2.75, 3.05) is 26.4 Å². The number of alkyl carbamates (subject to hydrolysis) is 1. The van der Waals surface area contributed by atoms with Gasteiger partial charge in [0.2, 0.25) is 5.91 Å². The quantitative estimate of drug-likeness (QED) is 0.649. The summed E-state index contributed by atoms with van der Waals surface area (Å²) in [6, 6.07) is 14.2. The molecule has 4 rings (SSSR count). The van der Waals surface area contributed by atoms with Gasteiger partial charge in [0.15, 0.2) is 6.04 Å². The number of carboxylic acid groups (broad SMARTS) is 1. The lowest BCUT2D eigenvalue weighted by atomic mass is 9.98. The molecular formula is C26H30N2O6. The minimum atomic E-state index is -1.13. The molecule has 1 fully saturated rings. The van der Waals surface area contributed by atoms with Gasteiger partial charge < -0.3 is 24.8 Å². The number of rotatable bonds is 7. The number of hydrogen-bond donors (Lipinski definition) is 2. The highest BCUT2D eigenvalue weighted by Crippen LogP contribution is 2.44. The molecule has 8 nitrogen and oxygen atoms in total. The fraction of sp³-hybridized carbons (Fsp3) is 0.423. The van der Waals surface area contributed by atoms with E-state index >= 15 is 0 Å². The maximum Gasteiger partial charge on any atom is 0.407 e. The summed E-state index contributed by atoms with van der Waals surface area (Å²) in [5, 5.41) is 12.2. The fourth-order valence-electron chi connectivity index (χ4n) is 4.75. The molecule has 2 N–H and O–H groups in total. The average molecular weight is 467 g/mol. The van der Waals surface area contributed by atoms with Crippen molar-refractivity contribution in [3.05, 3.63) is 59.7 Å². The standard InChI is InChI=1S/C26H30N2O6/c1-16(2)13-22(24(29)28-11-12-33-15-23(28)25(30)31)27-26(32)34-14-21-19-9-5-3-7-17(19)18-8-4-6-10-20(18)21/h3-10,16,21-23H,11-15H2,1-2H3,(H,27,32)(H,30,31)/t22-,23?/m0/s1. The van der Waals surface area contributed by atoms with Gasteiger partial charge in [-0.2, -0.15) is 0 Å². The summed E-state index contributed by atoms with van der Waals surface area (Å²) < 4.78 is 10.8. The monoisotopic (exact) mass is 466 g/mol. The van der Waals surface area contributed by atoms with E-state index < -0.39 is 30.1 Å². The van der Waals surface area contributed by atoms with E-state index in [4.69, 9.17) is 9.47 Å². The highest BCUT2D eigenvalue weighted by Gasteiger charge is 2.37. The summed E-state index contributed by atoms with van der Waals surface area (Å²) in [5.41, 5.74) is 4.46. The number of nitrogens with zero attached hydrogens (tertiary/aromatic N) is 1. The van der Waals surface area contributed by atoms with Crippen molar-refractivity contribution in [1.29, 1.82) is 0 Å². The van der Waals surface area contributed by atoms with Crippen LogP contribution in [0.3, 0.4) is 0 Å². The summed E-state index contributed by atoms with van der Waals surface area (Å²) in [5.74, 6) is -1.55. The van der Waals surface area contributed by atoms with Crippen LogP contribution < -0.4 is 5.32 Å². The minimum absolute atomic E-state index is 0.0690. The normalized spacial score (nSPS) is 18.2. The van der Waals surface area contributed by atoms with Crippen molar-refractivity contribution >= 4 is 18.0 Å². The van der Waals surface area contributed by atoms with E-state index in [0.717, 1.165) is 22.3 Å². The van der Waals surface area contributed by atoms with Gasteiger partial charge >= 0.3 is 12.1 Å². The minimum Gasteiger partial charge on any atom is -0.480 e. The van der Waals surface area contributed by atoms with Gasteiger partial charge in [-0.1, -0.05) is 62.4 Å². The number of nitrogens with one attached hydrogen (secondary N) is 1. The summed E-state index contributed by atoms with van der Waals surface area (Å²) in [6.45, 7) is 4.37. The number of carbonyl (C=O) groups excluding carboxylic acids is 2. The number of morpholine rings is 1. The van der Waals surface area contributed by atoms with E-state index in [0.29, 0.717) is 6.42 Å². The number of carboxylic acids is 1. The van der Waals surface area contributed by atoms with Gasteiger partial charge in [0.05, 0.1) is 13.2 Å². The number of fused-ring (bicyclic) bond motifs is 3. The molecule has 2 atom stereocenters. The molecule has 1 heterocycles. The fourth-order valence-corrected chi connectivity index (χ4v) is 4.75. The van der Waals surface area contributed by atoms with Gasteiger partial charge in [0.25, 0.3) is 0 Å². The number of hydrogen-bond acceptors (Lipinski definition) is 5. The van der Waals surface area contributed by atoms with E-state index in [2.05, 4.69) is 17.4 Å². The van der Waals surface area contributed by atoms with Crippen molar-refractivity contribution in [2.45, 2.75) is 38.3 Å². The number of ether oxygens (including phenoxy) is 2. The lowest BCUT2D eigenvalue weighted by molar-refractivity contribution is -0.159. The van der Waals surface area contributed by atoms with Gasteiger partial charge in [-0.25, -0.2) is 9.59 Å². The molecule has 2 aromatic rings. The number of amides is 2. The van der Waals surface area contributed by atoms with Crippen LogP contribution in [0.2, 0.25) is 0 Å². The van der Waals surface area contributed by atoms with Gasteiger partial charge in [-0.3, -0.25) is 4.79 Å². The first-order valence-electron chi connectivity index (χ1n) is 11.6. The Bertz CT molecular complexity index is 1020. The lowest BCUT2D eigenvalue weighted by Gasteiger charge is -2.35. The van der Waals surface area contributed by atoms with Crippen molar-refractivity contribution in [3.8, 4) is 11.1 Å². The third-order valence-electron chi connectivity index (χ3n) is 6.34. The predicted octanol–water partition coefficient (Wildman–Crippen LogP) is 3.25. The molecule has 2 aromatic carbocycles. The molecule has 8 heteroatoms. The molecular weight excluding hydrogens is 436 g/mol. The average Bonchev–Trinajstić information content (AvgIpc) is 3.15. The topological polar surface area (TPSA) is 105 Å². The molecule has 1 aliphatic carbocycles. The van der Waals surface area contributed by atoms with E-state index in [1.54, 1.807) is 0 Å². The second kappa shape index (κ2) is 10.3. The SMILES string of the molecule is CC(C)C[C@H](NC(=O)OCC1c2ccccc2-c2ccccc21)C(=O)N1CCOCC1C(=O)O. The van der Waals surface area contributed by atoms with Crippen LogP contribution in [0.25, 0.3) is 11.1 Å². The van der Waals surface area contributed by atoms with Crippen LogP contribution in [0.1, 0.15) is 37.3 Å². The Hall–Kier alpha value is -3.39. The zero-order chi connectivity index (χ0) is 24.2. The molecule has 0 radical (unpaired) electrons. The largest absolute Gasteiger partial charge is 0.480 e. The van der Waals surface area contributed by atoms with Gasteiger partial charge in [-0.05, 0) is 34.6 Å². The lowest BCUT2D eigenvalue weighted by Crippen LogP contribution is -2.58. The molecule has 2 amide bonds. The van der Waals surface area contributed by atoms with Crippen LogP contribution in [-0.4, -0.2) is 66.4 Å². The summed E-state index contributed by atoms with van der Waals surface area (Å²) in [4.78, 5) is 38.9. The van der Waals surface area contributed by atoms with E-state index in [-0.39, 0.29) is 38.2 Å². The zero-order valence-electron chi connectivity index (χ0n) is 19.4. The van der Waals surface area contributed by atoms with E-state index in [1.807, 2.05) is 50.2 Å². The Morgan fingerprint density at radius 2 is 1.71 bits per heavy atom. The van der Waals surface area contributed by atoms with Crippen LogP contribution in [0.5, 0.6) is 0 Å². The molecule has 34 heavy (non-hydrogen) atoms. The Kier molecular flexibility index (Phi) is 7.17. The van der Waals surface area contributed by atoms with Crippen molar-refractivity contribution in [3.63, 3.8) is 0 Å².